The van der Waals surface area contributed by atoms with Crippen molar-refractivity contribution in [3.05, 3.63) is 40.2 Å². The Hall–Kier alpha value is -2.34. The largest absolute Gasteiger partial charge is 0.497 e. The summed E-state index contributed by atoms with van der Waals surface area (Å²) in [6.07, 6.45) is 0.774. The molecule has 0 fully saturated rings. The molecular weight excluding hydrogens is 284 g/mol. The van der Waals surface area contributed by atoms with Crippen molar-refractivity contribution in [1.82, 2.24) is 9.78 Å². The van der Waals surface area contributed by atoms with Crippen LogP contribution in [0.15, 0.2) is 29.1 Å². The molecule has 0 spiro atoms. The van der Waals surface area contributed by atoms with Crippen molar-refractivity contribution in [2.75, 3.05) is 14.2 Å². The fraction of sp³-hybridized carbons (Fsp3) is 0.375. The molecule has 0 atom stereocenters. The Balaban J connectivity index is 2.66. The molecule has 1 N–H and O–H groups in total. The fourth-order valence-electron chi connectivity index (χ4n) is 2.22. The minimum atomic E-state index is -0.329. The molecule has 2 aromatic rings. The van der Waals surface area contributed by atoms with Gasteiger partial charge in [-0.25, -0.2) is 4.68 Å². The van der Waals surface area contributed by atoms with Gasteiger partial charge in [0, 0.05) is 17.7 Å². The van der Waals surface area contributed by atoms with Crippen LogP contribution in [0, 0.1) is 0 Å². The Morgan fingerprint density at radius 2 is 2.00 bits per heavy atom. The lowest BCUT2D eigenvalue weighted by Gasteiger charge is -2.13. The molecule has 0 radical (unpaired) electrons. The predicted molar refractivity (Wildman–Crippen MR) is 83.3 cm³/mol. The molecule has 2 rings (SSSR count). The van der Waals surface area contributed by atoms with E-state index in [1.165, 1.54) is 4.68 Å². The van der Waals surface area contributed by atoms with Crippen LogP contribution < -0.4 is 15.0 Å². The molecule has 0 unspecified atom stereocenters. The molecule has 0 amide bonds. The van der Waals surface area contributed by atoms with Crippen molar-refractivity contribution in [1.29, 1.82) is 0 Å². The highest BCUT2D eigenvalue weighted by Gasteiger charge is 2.13. The van der Waals surface area contributed by atoms with Gasteiger partial charge in [-0.2, -0.15) is 5.10 Å². The minimum Gasteiger partial charge on any atom is -0.497 e. The summed E-state index contributed by atoms with van der Waals surface area (Å²) in [6.45, 7) is 2.13. The second kappa shape index (κ2) is 7.09. The van der Waals surface area contributed by atoms with Gasteiger partial charge in [-0.1, -0.05) is 6.92 Å². The third-order valence-corrected chi connectivity index (χ3v) is 3.34. The quantitative estimate of drug-likeness (QED) is 0.881. The van der Waals surface area contributed by atoms with E-state index in [0.717, 1.165) is 6.42 Å². The first-order chi connectivity index (χ1) is 10.6. The van der Waals surface area contributed by atoms with Gasteiger partial charge in [-0.05, 0) is 30.7 Å². The molecule has 0 aliphatic heterocycles. The number of benzene rings is 1. The highest BCUT2D eigenvalue weighted by atomic mass is 16.5. The summed E-state index contributed by atoms with van der Waals surface area (Å²) in [5, 5.41) is 13.8. The summed E-state index contributed by atoms with van der Waals surface area (Å²) in [5.74, 6) is 1.29. The van der Waals surface area contributed by atoms with Crippen LogP contribution in [0.2, 0.25) is 0 Å². The van der Waals surface area contributed by atoms with Gasteiger partial charge in [0.05, 0.1) is 26.5 Å². The molecule has 118 valence electrons. The lowest BCUT2D eigenvalue weighted by atomic mass is 10.1. The third kappa shape index (κ3) is 3.12. The summed E-state index contributed by atoms with van der Waals surface area (Å²) >= 11 is 0. The first-order valence-corrected chi connectivity index (χ1v) is 7.08. The SMILES string of the molecule is CCCn1nc(-c2cc(OC)ccc2OC)cc(CO)c1=O. The van der Waals surface area contributed by atoms with E-state index in [2.05, 4.69) is 5.10 Å². The second-order valence-corrected chi connectivity index (χ2v) is 4.81. The smallest absolute Gasteiger partial charge is 0.272 e. The zero-order chi connectivity index (χ0) is 16.1. The first-order valence-electron chi connectivity index (χ1n) is 7.08. The number of aliphatic hydroxyl groups is 1. The van der Waals surface area contributed by atoms with Crippen molar-refractivity contribution >= 4 is 0 Å². The van der Waals surface area contributed by atoms with Gasteiger partial charge >= 0.3 is 0 Å². The number of hydrogen-bond acceptors (Lipinski definition) is 5. The highest BCUT2D eigenvalue weighted by molar-refractivity contribution is 5.69. The second-order valence-electron chi connectivity index (χ2n) is 4.81. The van der Waals surface area contributed by atoms with Crippen molar-refractivity contribution in [3.63, 3.8) is 0 Å². The molecule has 0 bridgehead atoms. The number of ether oxygens (including phenoxy) is 2. The van der Waals surface area contributed by atoms with E-state index in [0.29, 0.717) is 34.9 Å². The normalized spacial score (nSPS) is 10.5. The summed E-state index contributed by atoms with van der Waals surface area (Å²) in [4.78, 5) is 12.1. The predicted octanol–water partition coefficient (Wildman–Crippen LogP) is 1.83. The number of nitrogens with zero attached hydrogens (tertiary/aromatic N) is 2. The molecule has 0 saturated carbocycles. The molecule has 0 saturated heterocycles. The Bertz CT molecular complexity index is 710. The van der Waals surface area contributed by atoms with Crippen molar-refractivity contribution in [3.8, 4) is 22.8 Å². The Morgan fingerprint density at radius 1 is 1.23 bits per heavy atom. The lowest BCUT2D eigenvalue weighted by Crippen LogP contribution is -2.26. The molecule has 22 heavy (non-hydrogen) atoms. The molecule has 6 heteroatoms. The maximum Gasteiger partial charge on any atom is 0.272 e. The van der Waals surface area contributed by atoms with Gasteiger partial charge in [0.2, 0.25) is 0 Å². The van der Waals surface area contributed by atoms with Crippen molar-refractivity contribution in [2.24, 2.45) is 0 Å². The molecule has 1 aromatic heterocycles. The van der Waals surface area contributed by atoms with Gasteiger partial charge in [-0.15, -0.1) is 0 Å². The molecule has 0 aliphatic carbocycles. The van der Waals surface area contributed by atoms with E-state index in [-0.39, 0.29) is 12.2 Å². The minimum absolute atomic E-state index is 0.269. The number of methoxy groups -OCH3 is 2. The number of aromatic nitrogens is 2. The van der Waals surface area contributed by atoms with Gasteiger partial charge in [0.25, 0.3) is 5.56 Å². The Labute approximate surface area is 128 Å². The van der Waals surface area contributed by atoms with Crippen LogP contribution in [-0.2, 0) is 13.2 Å². The van der Waals surface area contributed by atoms with Gasteiger partial charge in [-0.3, -0.25) is 4.79 Å². The number of rotatable bonds is 6. The van der Waals surface area contributed by atoms with Crippen LogP contribution in [0.3, 0.4) is 0 Å². The zero-order valence-electron chi connectivity index (χ0n) is 13.0. The van der Waals surface area contributed by atoms with E-state index in [4.69, 9.17) is 9.47 Å². The van der Waals surface area contributed by atoms with Gasteiger partial charge < -0.3 is 14.6 Å². The van der Waals surface area contributed by atoms with Crippen LogP contribution in [0.25, 0.3) is 11.3 Å². The standard InChI is InChI=1S/C16H20N2O4/c1-4-7-18-16(20)11(10-19)8-14(17-18)13-9-12(21-2)5-6-15(13)22-3/h5-6,8-9,19H,4,7,10H2,1-3H3. The average Bonchev–Trinajstić information content (AvgIpc) is 2.56. The third-order valence-electron chi connectivity index (χ3n) is 3.34. The average molecular weight is 304 g/mol. The van der Waals surface area contributed by atoms with Gasteiger partial charge in [0.1, 0.15) is 11.5 Å². The fourth-order valence-corrected chi connectivity index (χ4v) is 2.22. The number of hydrogen-bond donors (Lipinski definition) is 1. The summed E-state index contributed by atoms with van der Waals surface area (Å²) < 4.78 is 12.0. The van der Waals surface area contributed by atoms with Crippen molar-refractivity contribution in [2.45, 2.75) is 26.5 Å². The monoisotopic (exact) mass is 304 g/mol. The summed E-state index contributed by atoms with van der Waals surface area (Å²) in [5.41, 5.74) is 1.31. The van der Waals surface area contributed by atoms with Crippen LogP contribution >= 0.6 is 0 Å². The maximum atomic E-state index is 12.1. The van der Waals surface area contributed by atoms with E-state index in [1.807, 2.05) is 6.92 Å². The number of aliphatic hydroxyl groups excluding tert-OH is 1. The van der Waals surface area contributed by atoms with E-state index >= 15 is 0 Å². The van der Waals surface area contributed by atoms with Crippen LogP contribution in [0.5, 0.6) is 11.5 Å². The lowest BCUT2D eigenvalue weighted by molar-refractivity contribution is 0.278. The maximum absolute atomic E-state index is 12.1. The summed E-state index contributed by atoms with van der Waals surface area (Å²) in [7, 11) is 3.15. The number of aryl methyl sites for hydroxylation is 1. The molecule has 1 heterocycles. The van der Waals surface area contributed by atoms with Crippen LogP contribution in [0.1, 0.15) is 18.9 Å². The van der Waals surface area contributed by atoms with E-state index in [9.17, 15) is 9.90 Å². The van der Waals surface area contributed by atoms with E-state index in [1.54, 1.807) is 38.5 Å². The Kier molecular flexibility index (Phi) is 5.16. The first kappa shape index (κ1) is 16.0. The van der Waals surface area contributed by atoms with Crippen LogP contribution in [0.4, 0.5) is 0 Å². The van der Waals surface area contributed by atoms with E-state index < -0.39 is 0 Å². The highest BCUT2D eigenvalue weighted by Crippen LogP contribution is 2.32. The summed E-state index contributed by atoms with van der Waals surface area (Å²) in [6, 6.07) is 6.95. The Morgan fingerprint density at radius 3 is 2.59 bits per heavy atom. The van der Waals surface area contributed by atoms with Crippen molar-refractivity contribution < 1.29 is 14.6 Å². The van der Waals surface area contributed by atoms with Crippen LogP contribution in [-0.4, -0.2) is 29.1 Å². The van der Waals surface area contributed by atoms with Gasteiger partial charge in [0.15, 0.2) is 0 Å². The topological polar surface area (TPSA) is 73.6 Å². The molecule has 0 aliphatic rings. The molecular formula is C16H20N2O4. The molecule has 1 aromatic carbocycles. The molecule has 6 nitrogen and oxygen atoms in total. The zero-order valence-corrected chi connectivity index (χ0v) is 13.0.